The van der Waals surface area contributed by atoms with Gasteiger partial charge in [0.1, 0.15) is 12.1 Å². The van der Waals surface area contributed by atoms with Crippen LogP contribution in [0.25, 0.3) is 0 Å². The molecule has 2 aliphatic rings. The van der Waals surface area contributed by atoms with Crippen LogP contribution in [0.1, 0.15) is 51.2 Å². The number of rotatable bonds is 10. The minimum absolute atomic E-state index is 0.0836. The molecule has 6 heteroatoms. The molecule has 1 saturated heterocycles. The summed E-state index contributed by atoms with van der Waals surface area (Å²) in [4.78, 5) is 22.3. The van der Waals surface area contributed by atoms with Crippen LogP contribution in [-0.4, -0.2) is 79.6 Å². The maximum Gasteiger partial charge on any atom is 0.223 e. The number of likely N-dealkylation sites (N-methyl/N-ethyl adjacent to an activating group) is 1. The molecule has 0 spiro atoms. The maximum atomic E-state index is 12.6. The normalized spacial score (nSPS) is 22.4. The average Bonchev–Trinajstić information content (AvgIpc) is 3.13. The van der Waals surface area contributed by atoms with Crippen LogP contribution < -0.4 is 5.32 Å². The molecule has 3 rings (SSSR count). The Hall–Kier alpha value is -1.92. The van der Waals surface area contributed by atoms with Gasteiger partial charge in [-0.2, -0.15) is 0 Å². The van der Waals surface area contributed by atoms with Crippen LogP contribution in [0.2, 0.25) is 0 Å². The number of amides is 1. The number of hydrogen-bond donors (Lipinski definition) is 1. The Labute approximate surface area is 188 Å². The number of benzene rings is 1. The van der Waals surface area contributed by atoms with Crippen molar-refractivity contribution in [1.82, 2.24) is 15.1 Å². The topological polar surface area (TPSA) is 57.2 Å². The zero-order valence-electron chi connectivity index (χ0n) is 19.8. The second-order valence-corrected chi connectivity index (χ2v) is 8.94. The van der Waals surface area contributed by atoms with Gasteiger partial charge in [-0.25, -0.2) is 4.99 Å². The second-order valence-electron chi connectivity index (χ2n) is 8.94. The molecule has 2 aliphatic heterocycles. The van der Waals surface area contributed by atoms with Gasteiger partial charge in [-0.1, -0.05) is 32.0 Å². The quantitative estimate of drug-likeness (QED) is 0.622. The molecule has 1 aromatic carbocycles. The zero-order chi connectivity index (χ0) is 22.2. The van der Waals surface area contributed by atoms with Gasteiger partial charge in [-0.05, 0) is 70.9 Å². The second kappa shape index (κ2) is 11.6. The first kappa shape index (κ1) is 23.7. The van der Waals surface area contributed by atoms with E-state index in [1.807, 2.05) is 12.1 Å². The molecule has 1 fully saturated rings. The minimum atomic E-state index is 0.0836. The first-order valence-electron chi connectivity index (χ1n) is 12.0. The van der Waals surface area contributed by atoms with Gasteiger partial charge in [0.2, 0.25) is 11.8 Å². The highest BCUT2D eigenvalue weighted by atomic mass is 16.5. The van der Waals surface area contributed by atoms with E-state index in [2.05, 4.69) is 54.9 Å². The van der Waals surface area contributed by atoms with Crippen molar-refractivity contribution in [3.8, 4) is 0 Å². The summed E-state index contributed by atoms with van der Waals surface area (Å²) in [6.07, 6.45) is 3.09. The fourth-order valence-electron chi connectivity index (χ4n) is 4.54. The highest BCUT2D eigenvalue weighted by molar-refractivity contribution is 5.96. The van der Waals surface area contributed by atoms with E-state index >= 15 is 0 Å². The zero-order valence-corrected chi connectivity index (χ0v) is 19.8. The Bertz CT molecular complexity index is 743. The third kappa shape index (κ3) is 6.53. The van der Waals surface area contributed by atoms with E-state index in [9.17, 15) is 4.79 Å². The summed E-state index contributed by atoms with van der Waals surface area (Å²) in [5, 5.41) is 3.16. The van der Waals surface area contributed by atoms with Crippen LogP contribution >= 0.6 is 0 Å². The molecular weight excluding hydrogens is 388 g/mol. The predicted molar refractivity (Wildman–Crippen MR) is 127 cm³/mol. The van der Waals surface area contributed by atoms with Crippen molar-refractivity contribution in [3.63, 3.8) is 0 Å². The molecule has 6 nitrogen and oxygen atoms in total. The predicted octanol–water partition coefficient (Wildman–Crippen LogP) is 3.09. The van der Waals surface area contributed by atoms with Crippen molar-refractivity contribution >= 4 is 11.8 Å². The number of ether oxygens (including phenoxy) is 1. The molecule has 0 aliphatic carbocycles. The van der Waals surface area contributed by atoms with Crippen LogP contribution in [0.4, 0.5) is 0 Å². The van der Waals surface area contributed by atoms with E-state index in [1.165, 1.54) is 5.56 Å². The van der Waals surface area contributed by atoms with E-state index in [1.54, 1.807) is 0 Å². The standard InChI is InChI=1S/C25H40N4O2/c1-5-14-28(6-2)17-13-26-24(30)21-11-15-29(16-12-21)18-23-20(4)31-25(27-23)22-10-8-7-9-19(22)3/h7-10,20-21,23H,5-6,11-18H2,1-4H3,(H,26,30). The molecule has 2 unspecified atom stereocenters. The van der Waals surface area contributed by atoms with Crippen LogP contribution in [0.3, 0.4) is 0 Å². The third-order valence-electron chi connectivity index (χ3n) is 6.62. The van der Waals surface area contributed by atoms with Gasteiger partial charge in [0.15, 0.2) is 0 Å². The summed E-state index contributed by atoms with van der Waals surface area (Å²) in [7, 11) is 0. The van der Waals surface area contributed by atoms with Crippen molar-refractivity contribution in [2.45, 2.75) is 59.1 Å². The van der Waals surface area contributed by atoms with Crippen molar-refractivity contribution < 1.29 is 9.53 Å². The van der Waals surface area contributed by atoms with Crippen LogP contribution in [0.5, 0.6) is 0 Å². The molecule has 1 amide bonds. The molecule has 0 aromatic heterocycles. The summed E-state index contributed by atoms with van der Waals surface area (Å²) in [5.74, 6) is 1.14. The summed E-state index contributed by atoms with van der Waals surface area (Å²) < 4.78 is 6.09. The lowest BCUT2D eigenvalue weighted by Gasteiger charge is -2.32. The molecule has 1 N–H and O–H groups in total. The van der Waals surface area contributed by atoms with Gasteiger partial charge in [0.25, 0.3) is 0 Å². The molecule has 2 heterocycles. The number of likely N-dealkylation sites (tertiary alicyclic amines) is 1. The average molecular weight is 429 g/mol. The molecule has 2 atom stereocenters. The van der Waals surface area contributed by atoms with E-state index in [0.29, 0.717) is 0 Å². The number of carbonyl (C=O) groups is 1. The number of nitrogens with zero attached hydrogens (tertiary/aromatic N) is 3. The van der Waals surface area contributed by atoms with E-state index in [-0.39, 0.29) is 24.0 Å². The Morgan fingerprint density at radius 1 is 1.23 bits per heavy atom. The molecule has 0 radical (unpaired) electrons. The van der Waals surface area contributed by atoms with Gasteiger partial charge in [0, 0.05) is 31.1 Å². The van der Waals surface area contributed by atoms with Crippen LogP contribution in [-0.2, 0) is 9.53 Å². The molecular formula is C25H40N4O2. The molecule has 172 valence electrons. The Morgan fingerprint density at radius 2 is 1.97 bits per heavy atom. The van der Waals surface area contributed by atoms with Gasteiger partial charge in [-0.15, -0.1) is 0 Å². The van der Waals surface area contributed by atoms with E-state index < -0.39 is 0 Å². The Morgan fingerprint density at radius 3 is 2.65 bits per heavy atom. The summed E-state index contributed by atoms with van der Waals surface area (Å²) in [6.45, 7) is 15.2. The maximum absolute atomic E-state index is 12.6. The number of aryl methyl sites for hydroxylation is 1. The van der Waals surface area contributed by atoms with E-state index in [4.69, 9.17) is 9.73 Å². The summed E-state index contributed by atoms with van der Waals surface area (Å²) in [5.41, 5.74) is 2.28. The fourth-order valence-corrected chi connectivity index (χ4v) is 4.54. The number of piperidine rings is 1. The van der Waals surface area contributed by atoms with Crippen LogP contribution in [0, 0.1) is 12.8 Å². The van der Waals surface area contributed by atoms with E-state index in [0.717, 1.165) is 76.5 Å². The lowest BCUT2D eigenvalue weighted by Crippen LogP contribution is -2.45. The molecule has 31 heavy (non-hydrogen) atoms. The van der Waals surface area contributed by atoms with Gasteiger partial charge in [-0.3, -0.25) is 4.79 Å². The number of aliphatic imine (C=N–C) groups is 1. The SMILES string of the molecule is CCCN(CC)CCNC(=O)C1CCN(CC2N=C(c3ccccc3C)OC2C)CC1. The summed E-state index contributed by atoms with van der Waals surface area (Å²) in [6, 6.07) is 8.40. The van der Waals surface area contributed by atoms with Gasteiger partial charge in [0.05, 0.1) is 0 Å². The lowest BCUT2D eigenvalue weighted by atomic mass is 9.95. The highest BCUT2D eigenvalue weighted by Gasteiger charge is 2.32. The largest absolute Gasteiger partial charge is 0.472 e. The van der Waals surface area contributed by atoms with Crippen molar-refractivity contribution in [2.24, 2.45) is 10.9 Å². The van der Waals surface area contributed by atoms with Gasteiger partial charge < -0.3 is 19.9 Å². The van der Waals surface area contributed by atoms with Crippen molar-refractivity contribution in [3.05, 3.63) is 35.4 Å². The van der Waals surface area contributed by atoms with Crippen molar-refractivity contribution in [1.29, 1.82) is 0 Å². The van der Waals surface area contributed by atoms with Gasteiger partial charge >= 0.3 is 0 Å². The smallest absolute Gasteiger partial charge is 0.223 e. The Kier molecular flexibility index (Phi) is 8.90. The fraction of sp³-hybridized carbons (Fsp3) is 0.680. The van der Waals surface area contributed by atoms with Crippen LogP contribution in [0.15, 0.2) is 29.3 Å². The number of hydrogen-bond acceptors (Lipinski definition) is 5. The third-order valence-corrected chi connectivity index (χ3v) is 6.62. The number of carbonyl (C=O) groups excluding carboxylic acids is 1. The molecule has 1 aromatic rings. The number of nitrogens with one attached hydrogen (secondary N) is 1. The lowest BCUT2D eigenvalue weighted by molar-refractivity contribution is -0.126. The minimum Gasteiger partial charge on any atom is -0.472 e. The Balaban J connectivity index is 1.43. The first-order valence-corrected chi connectivity index (χ1v) is 12.0. The molecule has 0 bridgehead atoms. The summed E-state index contributed by atoms with van der Waals surface area (Å²) >= 11 is 0. The molecule has 0 saturated carbocycles. The monoisotopic (exact) mass is 428 g/mol. The first-order chi connectivity index (χ1) is 15.0. The highest BCUT2D eigenvalue weighted by Crippen LogP contribution is 2.23. The van der Waals surface area contributed by atoms with Crippen molar-refractivity contribution in [2.75, 3.05) is 45.8 Å².